The number of hydrogen-bond acceptors (Lipinski definition) is 2. The van der Waals surface area contributed by atoms with Gasteiger partial charge in [-0.1, -0.05) is 0 Å². The first kappa shape index (κ1) is 8.64. The first-order valence-electron chi connectivity index (χ1n) is 3.01. The van der Waals surface area contributed by atoms with Crippen LogP contribution in [0, 0.1) is 0 Å². The molecule has 0 aliphatic rings. The number of halogens is 1. The molecular formula is C7H5FO2Pb. The number of carbonyl (C=O) groups is 1. The first-order chi connectivity index (χ1) is 5.22. The van der Waals surface area contributed by atoms with E-state index < -0.39 is 26.7 Å². The van der Waals surface area contributed by atoms with Crippen molar-refractivity contribution in [3.8, 4) is 0 Å². The van der Waals surface area contributed by atoms with Gasteiger partial charge in [0, 0.05) is 0 Å². The summed E-state index contributed by atoms with van der Waals surface area (Å²) in [4.78, 5) is 10.8. The van der Waals surface area contributed by atoms with Gasteiger partial charge in [-0.05, 0) is 0 Å². The summed E-state index contributed by atoms with van der Waals surface area (Å²) in [7, 11) is 0. The van der Waals surface area contributed by atoms with Crippen LogP contribution in [0.2, 0.25) is 0 Å². The molecule has 1 aromatic rings. The zero-order valence-electron chi connectivity index (χ0n) is 5.58. The van der Waals surface area contributed by atoms with Crippen LogP contribution in [0.15, 0.2) is 30.3 Å². The van der Waals surface area contributed by atoms with Crippen LogP contribution in [0.1, 0.15) is 10.4 Å². The Morgan fingerprint density at radius 2 is 1.82 bits per heavy atom. The van der Waals surface area contributed by atoms with Crippen LogP contribution >= 0.6 is 0 Å². The Hall–Kier alpha value is -0.458. The van der Waals surface area contributed by atoms with Gasteiger partial charge in [0.1, 0.15) is 0 Å². The normalized spacial score (nSPS) is 9.18. The average molecular weight is 347 g/mol. The predicted octanol–water partition coefficient (Wildman–Crippen LogP) is 1.30. The van der Waals surface area contributed by atoms with Crippen molar-refractivity contribution in [2.75, 3.05) is 0 Å². The summed E-state index contributed by atoms with van der Waals surface area (Å²) in [6.07, 6.45) is 0. The molecular weight excluding hydrogens is 342 g/mol. The van der Waals surface area contributed by atoms with E-state index >= 15 is 0 Å². The minimum atomic E-state index is -4.53. The molecule has 0 N–H and O–H groups in total. The molecule has 0 saturated carbocycles. The molecule has 0 amide bonds. The summed E-state index contributed by atoms with van der Waals surface area (Å²) in [6, 6.07) is 7.86. The van der Waals surface area contributed by atoms with E-state index in [1.54, 1.807) is 18.2 Å². The third-order valence-corrected chi connectivity index (χ3v) is 3.72. The Balaban J connectivity index is 2.95. The van der Waals surface area contributed by atoms with E-state index in [-0.39, 0.29) is 5.56 Å². The van der Waals surface area contributed by atoms with Crippen LogP contribution in [-0.2, 0) is 2.69 Å². The van der Waals surface area contributed by atoms with E-state index in [1.165, 1.54) is 12.1 Å². The van der Waals surface area contributed by atoms with Crippen LogP contribution in [0.4, 0.5) is 2.51 Å². The summed E-state index contributed by atoms with van der Waals surface area (Å²) in [5.41, 5.74) is 0.215. The summed E-state index contributed by atoms with van der Waals surface area (Å²) in [5.74, 6) is 0. The summed E-state index contributed by atoms with van der Waals surface area (Å²) < 4.78 is 21.5. The van der Waals surface area contributed by atoms with E-state index in [1.807, 2.05) is 0 Å². The number of benzene rings is 1. The molecule has 0 spiro atoms. The molecule has 0 saturated heterocycles. The van der Waals surface area contributed by atoms with Gasteiger partial charge in [0.15, 0.2) is 0 Å². The molecule has 0 unspecified atom stereocenters. The van der Waals surface area contributed by atoms with Crippen LogP contribution < -0.4 is 0 Å². The SMILES string of the molecule is O=[C](c1ccccc1)[Pb](=[O])[F]. The molecule has 0 aromatic heterocycles. The molecule has 0 bridgehead atoms. The molecule has 0 atom stereocenters. The summed E-state index contributed by atoms with van der Waals surface area (Å²) in [5, 5.41) is 0. The Bertz CT molecular complexity index is 284. The Kier molecular flexibility index (Phi) is 2.98. The quantitative estimate of drug-likeness (QED) is 0.756. The van der Waals surface area contributed by atoms with E-state index in [0.717, 1.165) is 0 Å². The second-order valence-corrected chi connectivity index (χ2v) is 5.86. The Morgan fingerprint density at radius 3 is 2.27 bits per heavy atom. The molecule has 0 radical (unpaired) electrons. The Labute approximate surface area is 72.6 Å². The van der Waals surface area contributed by atoms with Gasteiger partial charge in [0.25, 0.3) is 0 Å². The van der Waals surface area contributed by atoms with Crippen molar-refractivity contribution in [1.29, 1.82) is 0 Å². The van der Waals surface area contributed by atoms with Gasteiger partial charge >= 0.3 is 72.6 Å². The third-order valence-electron chi connectivity index (χ3n) is 1.21. The topological polar surface area (TPSA) is 34.1 Å². The van der Waals surface area contributed by atoms with Gasteiger partial charge in [-0.25, -0.2) is 0 Å². The van der Waals surface area contributed by atoms with Gasteiger partial charge in [0.05, 0.1) is 0 Å². The fourth-order valence-electron chi connectivity index (χ4n) is 0.703. The molecule has 0 aliphatic heterocycles. The van der Waals surface area contributed by atoms with Gasteiger partial charge in [-0.3, -0.25) is 0 Å². The van der Waals surface area contributed by atoms with Crippen LogP contribution in [0.5, 0.6) is 0 Å². The van der Waals surface area contributed by atoms with E-state index in [9.17, 15) is 9.99 Å². The number of rotatable bonds is 2. The van der Waals surface area contributed by atoms with Gasteiger partial charge in [0.2, 0.25) is 0 Å². The van der Waals surface area contributed by atoms with Crippen molar-refractivity contribution in [2.24, 2.45) is 0 Å². The third kappa shape index (κ3) is 2.25. The van der Waals surface area contributed by atoms with Crippen molar-refractivity contribution in [1.82, 2.24) is 0 Å². The zero-order valence-corrected chi connectivity index (χ0v) is 9.47. The Morgan fingerprint density at radius 1 is 1.27 bits per heavy atom. The van der Waals surface area contributed by atoms with Crippen LogP contribution in [0.3, 0.4) is 0 Å². The maximum absolute atomic E-state index is 12.1. The minimum absolute atomic E-state index is 0.215. The fraction of sp³-hybridized carbons (Fsp3) is 0. The number of carbonyl (C=O) groups excluding carboxylic acids is 1. The molecule has 11 heavy (non-hydrogen) atoms. The first-order valence-corrected chi connectivity index (χ1v) is 8.01. The maximum atomic E-state index is 12.1. The van der Waals surface area contributed by atoms with Gasteiger partial charge < -0.3 is 0 Å². The summed E-state index contributed by atoms with van der Waals surface area (Å²) >= 11 is -4.53. The molecule has 56 valence electrons. The monoisotopic (exact) mass is 348 g/mol. The van der Waals surface area contributed by atoms with E-state index in [0.29, 0.717) is 0 Å². The van der Waals surface area contributed by atoms with Crippen molar-refractivity contribution in [2.45, 2.75) is 0 Å². The fourth-order valence-corrected chi connectivity index (χ4v) is 2.23. The standard InChI is InChI=1S/C7H5O.FH.O.Pb/c8-6-7-4-2-1-3-5-7;;;/h1-5H;1H;;/q;;;+1/p-1. The summed E-state index contributed by atoms with van der Waals surface area (Å²) in [6.45, 7) is 0. The predicted molar refractivity (Wildman–Crippen MR) is 38.3 cm³/mol. The molecule has 0 heterocycles. The van der Waals surface area contributed by atoms with Crippen molar-refractivity contribution in [3.63, 3.8) is 0 Å². The van der Waals surface area contributed by atoms with Gasteiger partial charge in [-0.2, -0.15) is 0 Å². The average Bonchev–Trinajstić information content (AvgIpc) is 2.05. The molecule has 1 rings (SSSR count). The molecule has 4 heteroatoms. The molecule has 1 aromatic carbocycles. The molecule has 2 nitrogen and oxygen atoms in total. The molecule has 0 fully saturated rings. The van der Waals surface area contributed by atoms with Crippen molar-refractivity contribution < 1.29 is 9.99 Å². The van der Waals surface area contributed by atoms with Crippen LogP contribution in [0.25, 0.3) is 0 Å². The number of hydrogen-bond donors (Lipinski definition) is 0. The second-order valence-electron chi connectivity index (χ2n) is 1.97. The molecule has 0 aliphatic carbocycles. The van der Waals surface area contributed by atoms with Crippen molar-refractivity contribution in [3.05, 3.63) is 35.9 Å². The second kappa shape index (κ2) is 3.80. The van der Waals surface area contributed by atoms with E-state index in [4.69, 9.17) is 0 Å². The zero-order chi connectivity index (χ0) is 8.27. The van der Waals surface area contributed by atoms with E-state index in [2.05, 4.69) is 0 Å². The van der Waals surface area contributed by atoms with Crippen molar-refractivity contribution >= 4 is 26.7 Å². The van der Waals surface area contributed by atoms with Gasteiger partial charge in [-0.15, -0.1) is 0 Å². The van der Waals surface area contributed by atoms with Crippen LogP contribution in [-0.4, -0.2) is 26.7 Å².